The number of nitrogens with one attached hydrogen (secondary N) is 4. The highest BCUT2D eigenvalue weighted by Gasteiger charge is 2.34. The molecule has 0 radical (unpaired) electrons. The number of aromatic amines is 2. The molecule has 164 valence electrons. The number of hydrogen-bond donors (Lipinski definition) is 4. The molecule has 2 unspecified atom stereocenters. The molecule has 3 aromatic heterocycles. The number of aromatic nitrogens is 6. The van der Waals surface area contributed by atoms with Crippen molar-refractivity contribution in [2.24, 2.45) is 0 Å². The first-order chi connectivity index (χ1) is 15.1. The summed E-state index contributed by atoms with van der Waals surface area (Å²) in [5.41, 5.74) is 2.37. The fourth-order valence-corrected chi connectivity index (χ4v) is 4.57. The predicted octanol–water partition coefficient (Wildman–Crippen LogP) is 3.48. The summed E-state index contributed by atoms with van der Waals surface area (Å²) >= 11 is 0. The Morgan fingerprint density at radius 3 is 2.65 bits per heavy atom. The first-order valence-corrected chi connectivity index (χ1v) is 11.0. The van der Waals surface area contributed by atoms with Crippen LogP contribution in [0.2, 0.25) is 0 Å². The number of nitrogens with zero attached hydrogens (tertiary/aromatic N) is 6. The molecule has 2 atom stereocenters. The van der Waals surface area contributed by atoms with Crippen molar-refractivity contribution in [3.8, 4) is 6.07 Å². The Balaban J connectivity index is 1.56. The number of anilines is 3. The number of nitriles is 1. The summed E-state index contributed by atoms with van der Waals surface area (Å²) in [6.07, 6.45) is 6.37. The van der Waals surface area contributed by atoms with Gasteiger partial charge in [0.15, 0.2) is 17.3 Å². The van der Waals surface area contributed by atoms with Gasteiger partial charge in [-0.3, -0.25) is 10.00 Å². The number of likely N-dealkylation sites (tertiary alicyclic amines) is 1. The highest BCUT2D eigenvalue weighted by Crippen LogP contribution is 2.30. The van der Waals surface area contributed by atoms with E-state index in [-0.39, 0.29) is 6.04 Å². The third kappa shape index (κ3) is 4.61. The summed E-state index contributed by atoms with van der Waals surface area (Å²) in [5, 5.41) is 23.0. The first-order valence-electron chi connectivity index (χ1n) is 11.0. The molecule has 3 aromatic rings. The molecule has 31 heavy (non-hydrogen) atoms. The van der Waals surface area contributed by atoms with Crippen LogP contribution >= 0.6 is 0 Å². The topological polar surface area (TPSA) is 134 Å². The lowest BCUT2D eigenvalue weighted by Gasteiger charge is -2.45. The molecule has 0 amide bonds. The average Bonchev–Trinajstić information content (AvgIpc) is 3.41. The quantitative estimate of drug-likeness (QED) is 0.433. The molecule has 0 saturated carbocycles. The zero-order chi connectivity index (χ0) is 21.8. The molecule has 10 nitrogen and oxygen atoms in total. The van der Waals surface area contributed by atoms with Gasteiger partial charge in [-0.05, 0) is 32.6 Å². The minimum absolute atomic E-state index is 0.287. The second-order valence-electron chi connectivity index (χ2n) is 8.14. The molecule has 10 heteroatoms. The minimum atomic E-state index is 0.287. The van der Waals surface area contributed by atoms with Crippen molar-refractivity contribution in [2.75, 3.05) is 17.2 Å². The molecule has 1 fully saturated rings. The summed E-state index contributed by atoms with van der Waals surface area (Å²) in [6.45, 7) is 7.24. The standard InChI is InChI=1S/C21H30N10/c1-4-15-10-14(11-16(5-2)31(15)8-6-7-22)25-20-18-19(24-12-23-18)27-21(28-20)26-17-9-13(3)29-30-17/h9,12,14-16H,4-6,8,10-11H2,1-3H3,(H4,23,24,25,26,27,28,29,30). The second kappa shape index (κ2) is 9.31. The summed E-state index contributed by atoms with van der Waals surface area (Å²) in [7, 11) is 0. The molecule has 4 heterocycles. The van der Waals surface area contributed by atoms with Gasteiger partial charge >= 0.3 is 0 Å². The third-order valence-electron chi connectivity index (χ3n) is 6.05. The Labute approximate surface area is 181 Å². The molecule has 0 aromatic carbocycles. The molecule has 0 aliphatic carbocycles. The van der Waals surface area contributed by atoms with Crippen molar-refractivity contribution < 1.29 is 0 Å². The lowest BCUT2D eigenvalue weighted by Crippen LogP contribution is -2.52. The first kappa shape index (κ1) is 21.1. The average molecular weight is 423 g/mol. The van der Waals surface area contributed by atoms with Crippen LogP contribution < -0.4 is 10.6 Å². The molecular formula is C21H30N10. The Kier molecular flexibility index (Phi) is 6.32. The second-order valence-corrected chi connectivity index (χ2v) is 8.14. The maximum absolute atomic E-state index is 9.05. The monoisotopic (exact) mass is 422 g/mol. The van der Waals surface area contributed by atoms with Gasteiger partial charge in [0, 0.05) is 42.9 Å². The van der Waals surface area contributed by atoms with E-state index < -0.39 is 0 Å². The summed E-state index contributed by atoms with van der Waals surface area (Å²) in [4.78, 5) is 19.3. The molecule has 1 saturated heterocycles. The molecule has 1 aliphatic heterocycles. The normalized spacial score (nSPS) is 21.8. The van der Waals surface area contributed by atoms with Crippen LogP contribution in [0.5, 0.6) is 0 Å². The van der Waals surface area contributed by atoms with Crippen LogP contribution in [0, 0.1) is 18.3 Å². The van der Waals surface area contributed by atoms with Gasteiger partial charge < -0.3 is 15.6 Å². The zero-order valence-corrected chi connectivity index (χ0v) is 18.3. The van der Waals surface area contributed by atoms with Gasteiger partial charge in [0.05, 0.1) is 12.4 Å². The fraction of sp³-hybridized carbons (Fsp3) is 0.571. The Hall–Kier alpha value is -3.19. The van der Waals surface area contributed by atoms with Crippen molar-refractivity contribution in [3.05, 3.63) is 18.1 Å². The van der Waals surface area contributed by atoms with Gasteiger partial charge in [0.2, 0.25) is 5.95 Å². The van der Waals surface area contributed by atoms with Crippen molar-refractivity contribution in [1.29, 1.82) is 5.26 Å². The Morgan fingerprint density at radius 2 is 2.00 bits per heavy atom. The van der Waals surface area contributed by atoms with Crippen LogP contribution in [0.25, 0.3) is 11.2 Å². The SMILES string of the molecule is CCC1CC(Nc2nc(Nc3cc(C)[nH]n3)nc3nc[nH]c23)CC(CC)N1CCC#N. The van der Waals surface area contributed by atoms with E-state index in [2.05, 4.69) is 60.6 Å². The van der Waals surface area contributed by atoms with Crippen molar-refractivity contribution in [2.45, 2.75) is 71.0 Å². The molecule has 0 bridgehead atoms. The van der Waals surface area contributed by atoms with Gasteiger partial charge in [0.25, 0.3) is 0 Å². The van der Waals surface area contributed by atoms with Gasteiger partial charge in [0.1, 0.15) is 5.52 Å². The van der Waals surface area contributed by atoms with Crippen LogP contribution in [0.4, 0.5) is 17.6 Å². The largest absolute Gasteiger partial charge is 0.365 e. The highest BCUT2D eigenvalue weighted by molar-refractivity contribution is 5.84. The number of fused-ring (bicyclic) bond motifs is 1. The maximum atomic E-state index is 9.05. The van der Waals surface area contributed by atoms with Crippen molar-refractivity contribution in [3.63, 3.8) is 0 Å². The Morgan fingerprint density at radius 1 is 1.23 bits per heavy atom. The summed E-state index contributed by atoms with van der Waals surface area (Å²) in [6, 6.07) is 5.39. The van der Waals surface area contributed by atoms with Crippen LogP contribution in [0.1, 0.15) is 51.6 Å². The van der Waals surface area contributed by atoms with E-state index >= 15 is 0 Å². The Bertz CT molecular complexity index is 1030. The molecule has 0 spiro atoms. The van der Waals surface area contributed by atoms with E-state index in [4.69, 9.17) is 10.2 Å². The molecule has 4 rings (SSSR count). The van der Waals surface area contributed by atoms with Gasteiger partial charge in [-0.15, -0.1) is 0 Å². The van der Waals surface area contributed by atoms with Gasteiger partial charge in [-0.2, -0.15) is 20.3 Å². The summed E-state index contributed by atoms with van der Waals surface area (Å²) < 4.78 is 0. The minimum Gasteiger partial charge on any atom is -0.365 e. The van der Waals surface area contributed by atoms with Crippen LogP contribution in [0.15, 0.2) is 12.4 Å². The van der Waals surface area contributed by atoms with E-state index in [1.165, 1.54) is 0 Å². The number of rotatable bonds is 8. The zero-order valence-electron chi connectivity index (χ0n) is 18.3. The third-order valence-corrected chi connectivity index (χ3v) is 6.05. The van der Waals surface area contributed by atoms with E-state index in [9.17, 15) is 0 Å². The molecule has 1 aliphatic rings. The lowest BCUT2D eigenvalue weighted by atomic mass is 9.88. The van der Waals surface area contributed by atoms with E-state index in [0.717, 1.165) is 49.3 Å². The van der Waals surface area contributed by atoms with E-state index in [0.29, 0.717) is 35.9 Å². The van der Waals surface area contributed by atoms with Gasteiger partial charge in [-0.1, -0.05) is 13.8 Å². The number of piperidine rings is 1. The summed E-state index contributed by atoms with van der Waals surface area (Å²) in [5.74, 6) is 1.87. The predicted molar refractivity (Wildman–Crippen MR) is 120 cm³/mol. The maximum Gasteiger partial charge on any atom is 0.232 e. The smallest absolute Gasteiger partial charge is 0.232 e. The number of aryl methyl sites for hydroxylation is 1. The van der Waals surface area contributed by atoms with E-state index in [1.807, 2.05) is 13.0 Å². The highest BCUT2D eigenvalue weighted by atomic mass is 15.3. The number of imidazole rings is 1. The van der Waals surface area contributed by atoms with Crippen LogP contribution in [-0.2, 0) is 0 Å². The van der Waals surface area contributed by atoms with Crippen LogP contribution in [0.3, 0.4) is 0 Å². The van der Waals surface area contributed by atoms with Crippen molar-refractivity contribution in [1.82, 2.24) is 35.0 Å². The lowest BCUT2D eigenvalue weighted by molar-refractivity contribution is 0.0735. The number of hydrogen-bond acceptors (Lipinski definition) is 8. The molecule has 4 N–H and O–H groups in total. The molecular weight excluding hydrogens is 392 g/mol. The van der Waals surface area contributed by atoms with E-state index in [1.54, 1.807) is 6.33 Å². The van der Waals surface area contributed by atoms with Crippen molar-refractivity contribution >= 4 is 28.7 Å². The van der Waals surface area contributed by atoms with Crippen LogP contribution in [-0.4, -0.2) is 59.7 Å². The fourth-order valence-electron chi connectivity index (χ4n) is 4.57. The van der Waals surface area contributed by atoms with Gasteiger partial charge in [-0.25, -0.2) is 4.98 Å². The number of H-pyrrole nitrogens is 2.